The molecular weight excluding hydrogens is 338 g/mol. The lowest BCUT2D eigenvalue weighted by Gasteiger charge is -2.48. The Bertz CT molecular complexity index is 555. The molecule has 0 spiro atoms. The third kappa shape index (κ3) is 5.44. The molecule has 2 fully saturated rings. The number of methoxy groups -OCH3 is 1. The molecule has 1 N–H and O–H groups in total. The van der Waals surface area contributed by atoms with Gasteiger partial charge in [-0.15, -0.1) is 0 Å². The molecule has 2 aliphatic heterocycles. The highest BCUT2D eigenvalue weighted by Gasteiger charge is 2.33. The first-order chi connectivity index (χ1) is 13.1. The second-order valence-electron chi connectivity index (χ2n) is 8.35. The van der Waals surface area contributed by atoms with Gasteiger partial charge in [-0.2, -0.15) is 0 Å². The van der Waals surface area contributed by atoms with Crippen LogP contribution >= 0.6 is 0 Å². The number of hydrogen-bond acceptors (Lipinski definition) is 5. The van der Waals surface area contributed by atoms with Crippen LogP contribution in [0.3, 0.4) is 0 Å². The van der Waals surface area contributed by atoms with Gasteiger partial charge in [0, 0.05) is 50.9 Å². The molecule has 1 unspecified atom stereocenters. The largest absolute Gasteiger partial charge is 0.497 e. The first-order valence-corrected chi connectivity index (χ1v) is 10.6. The van der Waals surface area contributed by atoms with Crippen molar-refractivity contribution in [3.05, 3.63) is 29.8 Å². The van der Waals surface area contributed by atoms with Crippen molar-refractivity contribution in [3.63, 3.8) is 0 Å². The van der Waals surface area contributed by atoms with Crippen LogP contribution in [0, 0.1) is 0 Å². The molecule has 1 atom stereocenters. The zero-order valence-corrected chi connectivity index (χ0v) is 17.3. The number of piperazine rings is 1. The molecule has 1 aromatic carbocycles. The SMILES string of the molecule is COc1ccc(CN2CCN(C3CCN(C(C)C)CC3)C(CCO)C2)cc1. The molecule has 0 radical (unpaired) electrons. The standard InChI is InChI=1S/C22H37N3O2/c1-18(2)24-11-8-20(9-12-24)25-14-13-23(17-21(25)10-15-26)16-19-4-6-22(27-3)7-5-19/h4-7,18,20-21,26H,8-17H2,1-3H3. The van der Waals surface area contributed by atoms with E-state index in [0.717, 1.165) is 38.3 Å². The third-order valence-corrected chi connectivity index (χ3v) is 6.34. The Kier molecular flexibility index (Phi) is 7.53. The number of benzene rings is 1. The minimum Gasteiger partial charge on any atom is -0.497 e. The minimum atomic E-state index is 0.280. The Morgan fingerprint density at radius 1 is 1.07 bits per heavy atom. The quantitative estimate of drug-likeness (QED) is 0.793. The minimum absolute atomic E-state index is 0.280. The van der Waals surface area contributed by atoms with E-state index in [-0.39, 0.29) is 6.61 Å². The molecule has 5 nitrogen and oxygen atoms in total. The zero-order chi connectivity index (χ0) is 19.2. The third-order valence-electron chi connectivity index (χ3n) is 6.34. The summed E-state index contributed by atoms with van der Waals surface area (Å²) in [6.07, 6.45) is 3.40. The van der Waals surface area contributed by atoms with Crippen molar-refractivity contribution in [2.75, 3.05) is 46.4 Å². The summed E-state index contributed by atoms with van der Waals surface area (Å²) >= 11 is 0. The molecule has 0 amide bonds. The molecule has 5 heteroatoms. The maximum absolute atomic E-state index is 9.62. The van der Waals surface area contributed by atoms with Gasteiger partial charge in [0.05, 0.1) is 7.11 Å². The fraction of sp³-hybridized carbons (Fsp3) is 0.727. The van der Waals surface area contributed by atoms with Crippen LogP contribution in [0.5, 0.6) is 5.75 Å². The lowest BCUT2D eigenvalue weighted by atomic mass is 9.97. The summed E-state index contributed by atoms with van der Waals surface area (Å²) in [6.45, 7) is 11.6. The van der Waals surface area contributed by atoms with E-state index in [4.69, 9.17) is 4.74 Å². The van der Waals surface area contributed by atoms with E-state index >= 15 is 0 Å². The number of rotatable bonds is 7. The number of piperidine rings is 1. The van der Waals surface area contributed by atoms with E-state index < -0.39 is 0 Å². The van der Waals surface area contributed by atoms with Crippen molar-refractivity contribution in [3.8, 4) is 5.75 Å². The Hall–Kier alpha value is -1.14. The monoisotopic (exact) mass is 375 g/mol. The number of likely N-dealkylation sites (tertiary alicyclic amines) is 1. The number of hydrogen-bond donors (Lipinski definition) is 1. The highest BCUT2D eigenvalue weighted by Crippen LogP contribution is 2.25. The van der Waals surface area contributed by atoms with Gasteiger partial charge in [-0.3, -0.25) is 9.80 Å². The van der Waals surface area contributed by atoms with Crippen LogP contribution in [-0.4, -0.2) is 84.4 Å². The number of aliphatic hydroxyl groups excluding tert-OH is 1. The summed E-state index contributed by atoms with van der Waals surface area (Å²) in [5.41, 5.74) is 1.33. The highest BCUT2D eigenvalue weighted by atomic mass is 16.5. The summed E-state index contributed by atoms with van der Waals surface area (Å²) < 4.78 is 5.26. The fourth-order valence-corrected chi connectivity index (χ4v) is 4.69. The lowest BCUT2D eigenvalue weighted by molar-refractivity contribution is -0.0000325. The molecule has 2 aliphatic rings. The summed E-state index contributed by atoms with van der Waals surface area (Å²) in [5.74, 6) is 0.912. The van der Waals surface area contributed by atoms with Crippen LogP contribution in [0.4, 0.5) is 0 Å². The van der Waals surface area contributed by atoms with Crippen LogP contribution in [0.25, 0.3) is 0 Å². The first-order valence-electron chi connectivity index (χ1n) is 10.6. The topological polar surface area (TPSA) is 39.2 Å². The van der Waals surface area contributed by atoms with E-state index in [0.29, 0.717) is 18.1 Å². The van der Waals surface area contributed by atoms with Gasteiger partial charge in [0.25, 0.3) is 0 Å². The van der Waals surface area contributed by atoms with Crippen LogP contribution in [-0.2, 0) is 6.54 Å². The molecule has 27 heavy (non-hydrogen) atoms. The fourth-order valence-electron chi connectivity index (χ4n) is 4.69. The average Bonchev–Trinajstić information content (AvgIpc) is 2.69. The van der Waals surface area contributed by atoms with Gasteiger partial charge in [0.2, 0.25) is 0 Å². The Balaban J connectivity index is 1.56. The van der Waals surface area contributed by atoms with Crippen molar-refractivity contribution < 1.29 is 9.84 Å². The Morgan fingerprint density at radius 2 is 1.78 bits per heavy atom. The average molecular weight is 376 g/mol. The summed E-state index contributed by atoms with van der Waals surface area (Å²) in [6, 6.07) is 10.2. The smallest absolute Gasteiger partial charge is 0.118 e. The van der Waals surface area contributed by atoms with E-state index in [9.17, 15) is 5.11 Å². The molecule has 2 heterocycles. The highest BCUT2D eigenvalue weighted by molar-refractivity contribution is 5.27. The van der Waals surface area contributed by atoms with Crippen LogP contribution in [0.2, 0.25) is 0 Å². The maximum Gasteiger partial charge on any atom is 0.118 e. The molecule has 0 aliphatic carbocycles. The molecule has 0 bridgehead atoms. The van der Waals surface area contributed by atoms with Crippen molar-refractivity contribution in [1.29, 1.82) is 0 Å². The van der Waals surface area contributed by atoms with Gasteiger partial charge in [-0.25, -0.2) is 0 Å². The number of aliphatic hydroxyl groups is 1. The van der Waals surface area contributed by atoms with Crippen molar-refractivity contribution >= 4 is 0 Å². The molecule has 0 saturated carbocycles. The van der Waals surface area contributed by atoms with Crippen LogP contribution in [0.1, 0.15) is 38.7 Å². The summed E-state index contributed by atoms with van der Waals surface area (Å²) in [4.78, 5) is 7.85. The van der Waals surface area contributed by atoms with Crippen molar-refractivity contribution in [2.45, 2.75) is 57.8 Å². The van der Waals surface area contributed by atoms with E-state index in [1.807, 2.05) is 12.1 Å². The maximum atomic E-state index is 9.62. The lowest BCUT2D eigenvalue weighted by Crippen LogP contribution is -2.58. The number of nitrogens with zero attached hydrogens (tertiary/aromatic N) is 3. The first kappa shape index (κ1) is 20.6. The van der Waals surface area contributed by atoms with Gasteiger partial charge >= 0.3 is 0 Å². The van der Waals surface area contributed by atoms with Crippen LogP contribution < -0.4 is 4.74 Å². The van der Waals surface area contributed by atoms with E-state index in [1.165, 1.54) is 31.5 Å². The molecule has 0 aromatic heterocycles. The normalized spacial score (nSPS) is 23.8. The zero-order valence-electron chi connectivity index (χ0n) is 17.3. The second-order valence-corrected chi connectivity index (χ2v) is 8.35. The van der Waals surface area contributed by atoms with Gasteiger partial charge in [-0.05, 0) is 63.9 Å². The van der Waals surface area contributed by atoms with Gasteiger partial charge in [-0.1, -0.05) is 12.1 Å². The summed E-state index contributed by atoms with van der Waals surface area (Å²) in [7, 11) is 1.71. The molecule has 3 rings (SSSR count). The van der Waals surface area contributed by atoms with Crippen LogP contribution in [0.15, 0.2) is 24.3 Å². The van der Waals surface area contributed by atoms with Crippen molar-refractivity contribution in [1.82, 2.24) is 14.7 Å². The van der Waals surface area contributed by atoms with Crippen molar-refractivity contribution in [2.24, 2.45) is 0 Å². The predicted molar refractivity (Wildman–Crippen MR) is 110 cm³/mol. The van der Waals surface area contributed by atoms with Gasteiger partial charge in [0.15, 0.2) is 0 Å². The van der Waals surface area contributed by atoms with E-state index in [2.05, 4.69) is 40.7 Å². The van der Waals surface area contributed by atoms with Gasteiger partial charge in [0.1, 0.15) is 5.75 Å². The molecule has 152 valence electrons. The molecule has 2 saturated heterocycles. The Morgan fingerprint density at radius 3 is 2.37 bits per heavy atom. The molecule has 1 aromatic rings. The predicted octanol–water partition coefficient (Wildman–Crippen LogP) is 2.44. The number of ether oxygens (including phenoxy) is 1. The van der Waals surface area contributed by atoms with Gasteiger partial charge < -0.3 is 14.7 Å². The summed E-state index contributed by atoms with van der Waals surface area (Å²) in [5, 5.41) is 9.62. The second kappa shape index (κ2) is 9.87. The molecular formula is C22H37N3O2. The Labute approximate surface area is 164 Å². The van der Waals surface area contributed by atoms with E-state index in [1.54, 1.807) is 7.11 Å².